The highest BCUT2D eigenvalue weighted by Crippen LogP contribution is 2.28. The van der Waals surface area contributed by atoms with Crippen molar-refractivity contribution >= 4 is 24.1 Å². The van der Waals surface area contributed by atoms with Crippen molar-refractivity contribution in [1.29, 1.82) is 0 Å². The second-order valence-corrected chi connectivity index (χ2v) is 10.4. The predicted molar refractivity (Wildman–Crippen MR) is 151 cm³/mol. The molecule has 13 nitrogen and oxygen atoms in total. The molecule has 0 radical (unpaired) electrons. The number of benzene rings is 1. The lowest BCUT2D eigenvalue weighted by atomic mass is 9.99. The van der Waals surface area contributed by atoms with E-state index < -0.39 is 42.6 Å². The zero-order valence-corrected chi connectivity index (χ0v) is 24.8. The molecule has 0 aromatic heterocycles. The van der Waals surface area contributed by atoms with Crippen LogP contribution in [0.2, 0.25) is 0 Å². The van der Waals surface area contributed by atoms with Crippen molar-refractivity contribution < 1.29 is 53.8 Å². The van der Waals surface area contributed by atoms with Gasteiger partial charge in [-0.25, -0.2) is 4.79 Å². The number of amides is 1. The Morgan fingerprint density at radius 3 is 2.38 bits per heavy atom. The molecule has 1 aliphatic rings. The summed E-state index contributed by atoms with van der Waals surface area (Å²) < 4.78 is 15.7. The van der Waals surface area contributed by atoms with Crippen LogP contribution in [0.4, 0.5) is 0 Å². The molecule has 2 rings (SSSR count). The van der Waals surface area contributed by atoms with Crippen molar-refractivity contribution in [2.24, 2.45) is 5.92 Å². The Bertz CT molecular complexity index is 988. The topological polar surface area (TPSA) is 201 Å². The molecule has 1 aromatic rings. The number of carbonyl (C=O) groups is 4. The molecule has 1 aromatic carbocycles. The van der Waals surface area contributed by atoms with Gasteiger partial charge in [0.05, 0.1) is 0 Å². The van der Waals surface area contributed by atoms with E-state index in [1.165, 1.54) is 32.3 Å². The molecule has 0 aliphatic carbocycles. The van der Waals surface area contributed by atoms with Crippen LogP contribution in [0.25, 0.3) is 0 Å². The molecule has 0 spiro atoms. The van der Waals surface area contributed by atoms with Gasteiger partial charge in [-0.3, -0.25) is 9.59 Å². The number of nitrogens with one attached hydrogen (secondary N) is 2. The Kier molecular flexibility index (Phi) is 17.5. The first kappa shape index (κ1) is 36.9. The molecule has 1 amide bonds. The molecule has 42 heavy (non-hydrogen) atoms. The van der Waals surface area contributed by atoms with Crippen LogP contribution >= 0.6 is 0 Å². The number of hydrogen-bond acceptors (Lipinski definition) is 11. The second-order valence-electron chi connectivity index (χ2n) is 10.4. The highest BCUT2D eigenvalue weighted by atomic mass is 16.7. The maximum Gasteiger partial charge on any atom is 0.335 e. The first-order chi connectivity index (χ1) is 19.9. The fourth-order valence-corrected chi connectivity index (χ4v) is 3.91. The van der Waals surface area contributed by atoms with E-state index in [2.05, 4.69) is 24.5 Å². The van der Waals surface area contributed by atoms with Gasteiger partial charge in [-0.15, -0.1) is 0 Å². The van der Waals surface area contributed by atoms with E-state index in [0.717, 1.165) is 25.0 Å². The monoisotopic (exact) mass is 598 g/mol. The summed E-state index contributed by atoms with van der Waals surface area (Å²) in [6.07, 6.45) is -1.94. The average Bonchev–Trinajstić information content (AvgIpc) is 2.94. The number of carboxylic acid groups (broad SMARTS) is 1. The summed E-state index contributed by atoms with van der Waals surface area (Å²) in [5.41, 5.74) is 1.02. The molecule has 1 aliphatic heterocycles. The average molecular weight is 599 g/mol. The van der Waals surface area contributed by atoms with Crippen LogP contribution in [0.5, 0.6) is 5.75 Å². The van der Waals surface area contributed by atoms with Crippen LogP contribution in [0.15, 0.2) is 18.2 Å². The third-order valence-electron chi connectivity index (χ3n) is 6.30. The molecule has 13 heteroatoms. The van der Waals surface area contributed by atoms with Crippen molar-refractivity contribution in [1.82, 2.24) is 10.6 Å². The SMILES string of the molecule is CC(C)CCCCCC=O.CNCCC(=O)NCc1cc(COC(C)=O)ccc1OC1OC(C(=O)O)C(O)C(O)C1O. The number of rotatable bonds is 16. The molecular formula is C29H46N2O11. The Balaban J connectivity index is 0.000000752. The molecule has 1 heterocycles. The Hall–Kier alpha value is -3.10. The van der Waals surface area contributed by atoms with Crippen LogP contribution < -0.4 is 15.4 Å². The molecular weight excluding hydrogens is 552 g/mol. The Morgan fingerprint density at radius 1 is 1.07 bits per heavy atom. The third kappa shape index (κ3) is 13.7. The summed E-state index contributed by atoms with van der Waals surface area (Å²) in [6.45, 7) is 6.20. The number of carbonyl (C=O) groups excluding carboxylic acids is 3. The molecule has 0 saturated carbocycles. The van der Waals surface area contributed by atoms with Gasteiger partial charge in [-0.1, -0.05) is 39.2 Å². The number of aldehydes is 1. The molecule has 0 bridgehead atoms. The summed E-state index contributed by atoms with van der Waals surface area (Å²) in [5.74, 6) is -1.31. The normalized spacial score (nSPS) is 21.6. The van der Waals surface area contributed by atoms with Gasteiger partial charge in [0.25, 0.3) is 0 Å². The largest absolute Gasteiger partial charge is 0.479 e. The Morgan fingerprint density at radius 2 is 1.79 bits per heavy atom. The van der Waals surface area contributed by atoms with Gasteiger partial charge in [-0.2, -0.15) is 0 Å². The second kappa shape index (κ2) is 19.9. The maximum atomic E-state index is 12.0. The van der Waals surface area contributed by atoms with Crippen molar-refractivity contribution in [2.45, 2.75) is 103 Å². The Labute approximate surface area is 246 Å². The highest BCUT2D eigenvalue weighted by molar-refractivity contribution is 5.76. The summed E-state index contributed by atoms with van der Waals surface area (Å²) in [5, 5.41) is 44.7. The molecule has 238 valence electrons. The molecule has 6 N–H and O–H groups in total. The van der Waals surface area contributed by atoms with Crippen molar-refractivity contribution in [2.75, 3.05) is 13.6 Å². The van der Waals surface area contributed by atoms with Gasteiger partial charge >= 0.3 is 11.9 Å². The molecule has 5 unspecified atom stereocenters. The van der Waals surface area contributed by atoms with Crippen LogP contribution in [0.3, 0.4) is 0 Å². The molecule has 5 atom stereocenters. The minimum atomic E-state index is -1.85. The first-order valence-corrected chi connectivity index (χ1v) is 14.1. The third-order valence-corrected chi connectivity index (χ3v) is 6.30. The number of carboxylic acids is 1. The van der Waals surface area contributed by atoms with Crippen molar-refractivity contribution in [3.63, 3.8) is 0 Å². The van der Waals surface area contributed by atoms with E-state index in [1.807, 2.05) is 0 Å². The van der Waals surface area contributed by atoms with Crippen molar-refractivity contribution in [3.8, 4) is 5.75 Å². The summed E-state index contributed by atoms with van der Waals surface area (Å²) in [4.78, 5) is 44.2. The fraction of sp³-hybridized carbons (Fsp3) is 0.655. The minimum absolute atomic E-state index is 0.0160. The number of aliphatic hydroxyl groups excluding tert-OH is 3. The van der Waals surface area contributed by atoms with E-state index in [-0.39, 0.29) is 31.2 Å². The number of esters is 1. The maximum absolute atomic E-state index is 12.0. The van der Waals surface area contributed by atoms with Crippen LogP contribution in [-0.2, 0) is 41.8 Å². The standard InChI is InChI=1S/C20H28N2O10.C9H18O/c1-10(23)30-9-11-3-4-13(12(7-11)8-22-14(24)5-6-21-2)31-20-17(27)15(25)16(26)18(32-20)19(28)29;1-9(2)7-5-3-4-6-8-10/h3-4,7,15-18,20-21,25-27H,5-6,8-9H2,1-2H3,(H,22,24)(H,28,29);8-9H,3-7H2,1-2H3. The summed E-state index contributed by atoms with van der Waals surface area (Å²) in [6, 6.07) is 4.64. The summed E-state index contributed by atoms with van der Waals surface area (Å²) in [7, 11) is 1.71. The summed E-state index contributed by atoms with van der Waals surface area (Å²) >= 11 is 0. The lowest BCUT2D eigenvalue weighted by Gasteiger charge is -2.38. The van der Waals surface area contributed by atoms with Crippen molar-refractivity contribution in [3.05, 3.63) is 29.3 Å². The molecule has 1 fully saturated rings. The predicted octanol–water partition coefficient (Wildman–Crippen LogP) is 1.04. The lowest BCUT2D eigenvalue weighted by Crippen LogP contribution is -2.61. The highest BCUT2D eigenvalue weighted by Gasteiger charge is 2.48. The first-order valence-electron chi connectivity index (χ1n) is 14.1. The van der Waals surface area contributed by atoms with Crippen LogP contribution in [-0.4, -0.2) is 88.9 Å². The van der Waals surface area contributed by atoms with Gasteiger partial charge < -0.3 is 50.1 Å². The number of hydrogen-bond donors (Lipinski definition) is 6. The van der Waals surface area contributed by atoms with Gasteiger partial charge in [0.1, 0.15) is 37.0 Å². The van der Waals surface area contributed by atoms with Gasteiger partial charge in [-0.05, 0) is 37.1 Å². The van der Waals surface area contributed by atoms with Crippen LogP contribution in [0.1, 0.15) is 70.4 Å². The molecule has 1 saturated heterocycles. The van der Waals surface area contributed by atoms with Gasteiger partial charge in [0.15, 0.2) is 6.10 Å². The zero-order valence-electron chi connectivity index (χ0n) is 24.8. The van der Waals surface area contributed by atoms with E-state index in [4.69, 9.17) is 14.2 Å². The zero-order chi connectivity index (χ0) is 31.7. The smallest absolute Gasteiger partial charge is 0.335 e. The van der Waals surface area contributed by atoms with E-state index in [0.29, 0.717) is 17.7 Å². The van der Waals surface area contributed by atoms with E-state index in [1.54, 1.807) is 19.2 Å². The number of aliphatic carboxylic acids is 1. The van der Waals surface area contributed by atoms with Gasteiger partial charge in [0.2, 0.25) is 12.2 Å². The number of ether oxygens (including phenoxy) is 3. The van der Waals surface area contributed by atoms with Gasteiger partial charge in [0, 0.05) is 38.4 Å². The minimum Gasteiger partial charge on any atom is -0.479 e. The van der Waals surface area contributed by atoms with Crippen LogP contribution in [0, 0.1) is 5.92 Å². The number of unbranched alkanes of at least 4 members (excludes halogenated alkanes) is 3. The fourth-order valence-electron chi connectivity index (χ4n) is 3.91. The van der Waals surface area contributed by atoms with E-state index >= 15 is 0 Å². The van der Waals surface area contributed by atoms with E-state index in [9.17, 15) is 39.6 Å². The lowest BCUT2D eigenvalue weighted by molar-refractivity contribution is -0.271. The quantitative estimate of drug-likeness (QED) is 0.0898. The number of aliphatic hydroxyl groups is 3.